The number of methoxy groups -OCH3 is 1. The molecule has 0 spiro atoms. The number of carbonyl (C=O) groups is 1. The Balaban J connectivity index is 2.77. The highest BCUT2D eigenvalue weighted by Crippen LogP contribution is 2.22. The van der Waals surface area contributed by atoms with Crippen LogP contribution in [-0.2, 0) is 9.53 Å². The lowest BCUT2D eigenvalue weighted by Crippen LogP contribution is -2.49. The number of amides is 1. The average Bonchev–Trinajstić information content (AvgIpc) is 2.52. The topological polar surface area (TPSA) is 58.6 Å². The predicted octanol–water partition coefficient (Wildman–Crippen LogP) is 2.77. The van der Waals surface area contributed by atoms with E-state index in [9.17, 15) is 14.3 Å². The first-order valence-corrected chi connectivity index (χ1v) is 7.64. The molecule has 2 N–H and O–H groups in total. The van der Waals surface area contributed by atoms with Gasteiger partial charge in [-0.05, 0) is 18.9 Å². The largest absolute Gasteiger partial charge is 0.386 e. The number of carbonyl (C=O) groups excluding carboxylic acids is 1. The minimum absolute atomic E-state index is 0.103. The molecule has 4 nitrogen and oxygen atoms in total. The molecule has 22 heavy (non-hydrogen) atoms. The Morgan fingerprint density at radius 3 is 2.59 bits per heavy atom. The van der Waals surface area contributed by atoms with Crippen LogP contribution in [0.1, 0.15) is 44.8 Å². The second-order valence-corrected chi connectivity index (χ2v) is 5.69. The lowest BCUT2D eigenvalue weighted by molar-refractivity contribution is -0.134. The van der Waals surface area contributed by atoms with Crippen LogP contribution in [0.3, 0.4) is 0 Å². The number of hydrogen-bond donors (Lipinski definition) is 2. The van der Waals surface area contributed by atoms with Crippen molar-refractivity contribution in [1.29, 1.82) is 0 Å². The Morgan fingerprint density at radius 2 is 2.05 bits per heavy atom. The van der Waals surface area contributed by atoms with Crippen molar-refractivity contribution in [2.75, 3.05) is 13.7 Å². The Bertz CT molecular complexity index is 450. The predicted molar refractivity (Wildman–Crippen MR) is 84.2 cm³/mol. The molecule has 0 aliphatic heterocycles. The average molecular weight is 311 g/mol. The molecule has 124 valence electrons. The zero-order valence-electron chi connectivity index (χ0n) is 13.5. The first-order valence-electron chi connectivity index (χ1n) is 7.64. The number of aliphatic hydroxyl groups excluding tert-OH is 1. The van der Waals surface area contributed by atoms with Crippen LogP contribution < -0.4 is 5.32 Å². The number of unbranched alkanes of at least 4 members (excludes halogenated alkanes) is 1. The fraction of sp³-hybridized carbons (Fsp3) is 0.588. The van der Waals surface area contributed by atoms with Crippen LogP contribution in [0.4, 0.5) is 4.39 Å². The van der Waals surface area contributed by atoms with E-state index in [4.69, 9.17) is 4.74 Å². The number of benzene rings is 1. The van der Waals surface area contributed by atoms with Gasteiger partial charge in [-0.3, -0.25) is 4.79 Å². The maximum absolute atomic E-state index is 14.4. The Morgan fingerprint density at radius 1 is 1.41 bits per heavy atom. The molecule has 0 fully saturated rings. The van der Waals surface area contributed by atoms with Crippen molar-refractivity contribution in [3.8, 4) is 0 Å². The maximum Gasteiger partial charge on any atom is 0.257 e. The standard InChI is InChI=1S/C17H26FNO3/c1-4-5-11-17(2,18)16(21)19-14(12-22-3)15(20)13-9-7-6-8-10-13/h6-10,14-15,20H,4-5,11-12H2,1-3H3,(H,19,21)/t14?,15-,17-/m0/s1. The number of halogens is 1. The fourth-order valence-electron chi connectivity index (χ4n) is 2.21. The normalized spacial score (nSPS) is 16.6. The molecule has 0 aromatic heterocycles. The first kappa shape index (κ1) is 18.6. The van der Waals surface area contributed by atoms with Crippen LogP contribution in [0, 0.1) is 0 Å². The van der Waals surface area contributed by atoms with Crippen molar-refractivity contribution in [1.82, 2.24) is 5.32 Å². The third kappa shape index (κ3) is 5.39. The first-order chi connectivity index (χ1) is 10.4. The molecule has 1 rings (SSSR count). The molecule has 0 bridgehead atoms. The van der Waals surface area contributed by atoms with E-state index in [2.05, 4.69) is 5.32 Å². The van der Waals surface area contributed by atoms with E-state index in [1.165, 1.54) is 14.0 Å². The highest BCUT2D eigenvalue weighted by Gasteiger charge is 2.35. The molecule has 5 heteroatoms. The van der Waals surface area contributed by atoms with Crippen LogP contribution in [0.25, 0.3) is 0 Å². The minimum atomic E-state index is -1.95. The SMILES string of the molecule is CCCC[C@](C)(F)C(=O)NC(COC)[C@@H](O)c1ccccc1. The van der Waals surface area contributed by atoms with Gasteiger partial charge in [-0.15, -0.1) is 0 Å². The summed E-state index contributed by atoms with van der Waals surface area (Å²) in [5.74, 6) is -0.710. The fourth-order valence-corrected chi connectivity index (χ4v) is 2.21. The van der Waals surface area contributed by atoms with Crippen molar-refractivity contribution in [3.63, 3.8) is 0 Å². The quantitative estimate of drug-likeness (QED) is 0.737. The Labute approximate surface area is 131 Å². The smallest absolute Gasteiger partial charge is 0.257 e. The van der Waals surface area contributed by atoms with Crippen molar-refractivity contribution < 1.29 is 19.0 Å². The van der Waals surface area contributed by atoms with Gasteiger partial charge in [-0.25, -0.2) is 4.39 Å². The summed E-state index contributed by atoms with van der Waals surface area (Å²) in [6.45, 7) is 3.32. The van der Waals surface area contributed by atoms with E-state index >= 15 is 0 Å². The van der Waals surface area contributed by atoms with Crippen LogP contribution >= 0.6 is 0 Å². The number of ether oxygens (including phenoxy) is 1. The second kappa shape index (κ2) is 8.86. The van der Waals surface area contributed by atoms with Crippen LogP contribution in [0.5, 0.6) is 0 Å². The molecule has 0 saturated heterocycles. The van der Waals surface area contributed by atoms with Gasteiger partial charge in [-0.1, -0.05) is 50.1 Å². The Hall–Kier alpha value is -1.46. The number of nitrogens with one attached hydrogen (secondary N) is 1. The lowest BCUT2D eigenvalue weighted by atomic mass is 9.98. The molecule has 1 aromatic carbocycles. The van der Waals surface area contributed by atoms with Gasteiger partial charge in [0.15, 0.2) is 5.67 Å². The van der Waals surface area contributed by atoms with Gasteiger partial charge in [0, 0.05) is 7.11 Å². The number of alkyl halides is 1. The third-order valence-corrected chi connectivity index (χ3v) is 3.66. The summed E-state index contributed by atoms with van der Waals surface area (Å²) in [5.41, 5.74) is -1.29. The van der Waals surface area contributed by atoms with Crippen molar-refractivity contribution >= 4 is 5.91 Å². The molecule has 1 unspecified atom stereocenters. The third-order valence-electron chi connectivity index (χ3n) is 3.66. The molecule has 0 radical (unpaired) electrons. The lowest BCUT2D eigenvalue weighted by Gasteiger charge is -2.27. The molecular formula is C17H26FNO3. The number of rotatable bonds is 9. The highest BCUT2D eigenvalue weighted by molar-refractivity contribution is 5.84. The summed E-state index contributed by atoms with van der Waals surface area (Å²) in [5, 5.41) is 13.0. The van der Waals surface area contributed by atoms with E-state index in [1.807, 2.05) is 13.0 Å². The van der Waals surface area contributed by atoms with E-state index < -0.39 is 23.7 Å². The molecule has 0 aliphatic rings. The van der Waals surface area contributed by atoms with Crippen molar-refractivity contribution in [3.05, 3.63) is 35.9 Å². The molecule has 0 saturated carbocycles. The molecule has 3 atom stereocenters. The molecule has 1 aromatic rings. The molecule has 0 aliphatic carbocycles. The second-order valence-electron chi connectivity index (χ2n) is 5.69. The summed E-state index contributed by atoms with van der Waals surface area (Å²) < 4.78 is 19.4. The maximum atomic E-state index is 14.4. The van der Waals surface area contributed by atoms with Crippen LogP contribution in [0.15, 0.2) is 30.3 Å². The summed E-state index contributed by atoms with van der Waals surface area (Å²) in [7, 11) is 1.47. The van der Waals surface area contributed by atoms with Gasteiger partial charge < -0.3 is 15.2 Å². The van der Waals surface area contributed by atoms with Crippen molar-refractivity contribution in [2.24, 2.45) is 0 Å². The van der Waals surface area contributed by atoms with Gasteiger partial charge in [0.25, 0.3) is 5.91 Å². The summed E-state index contributed by atoms with van der Waals surface area (Å²) in [6.07, 6.45) is 0.667. The number of hydrogen-bond acceptors (Lipinski definition) is 3. The molecule has 0 heterocycles. The Kier molecular flexibility index (Phi) is 7.48. The number of aliphatic hydroxyl groups is 1. The summed E-state index contributed by atoms with van der Waals surface area (Å²) >= 11 is 0. The molecular weight excluding hydrogens is 285 g/mol. The van der Waals surface area contributed by atoms with Gasteiger partial charge in [0.2, 0.25) is 0 Å². The van der Waals surface area contributed by atoms with E-state index in [0.29, 0.717) is 12.0 Å². The zero-order chi connectivity index (χ0) is 16.6. The monoisotopic (exact) mass is 311 g/mol. The van der Waals surface area contributed by atoms with Gasteiger partial charge >= 0.3 is 0 Å². The minimum Gasteiger partial charge on any atom is -0.386 e. The van der Waals surface area contributed by atoms with Gasteiger partial charge in [0.05, 0.1) is 12.6 Å². The van der Waals surface area contributed by atoms with E-state index in [0.717, 1.165) is 6.42 Å². The van der Waals surface area contributed by atoms with E-state index in [1.54, 1.807) is 24.3 Å². The van der Waals surface area contributed by atoms with Crippen molar-refractivity contribution in [2.45, 2.75) is 50.9 Å². The van der Waals surface area contributed by atoms with Gasteiger partial charge in [0.1, 0.15) is 6.10 Å². The molecule has 1 amide bonds. The zero-order valence-corrected chi connectivity index (χ0v) is 13.5. The van der Waals surface area contributed by atoms with Gasteiger partial charge in [-0.2, -0.15) is 0 Å². The summed E-state index contributed by atoms with van der Waals surface area (Å²) in [6, 6.07) is 8.24. The highest BCUT2D eigenvalue weighted by atomic mass is 19.1. The van der Waals surface area contributed by atoms with Crippen LogP contribution in [0.2, 0.25) is 0 Å². The van der Waals surface area contributed by atoms with E-state index in [-0.39, 0.29) is 13.0 Å². The van der Waals surface area contributed by atoms with Crippen LogP contribution in [-0.4, -0.2) is 36.4 Å². The summed E-state index contributed by atoms with van der Waals surface area (Å²) in [4.78, 5) is 12.1.